The number of carbonyl (C=O) groups is 2. The smallest absolute Gasteiger partial charge is 0.290 e. The lowest BCUT2D eigenvalue weighted by Crippen LogP contribution is -2.31. The standard InChI is InChI=1S/C18H14ClNO3S/c1-2-8-20-15(11-5-3-6-12(19)10-11)14(17(22)18(20)23)16(21)13-7-4-9-24-13/h2-7,9-10,15,22H,1,8H2. The van der Waals surface area contributed by atoms with Gasteiger partial charge < -0.3 is 10.0 Å². The Morgan fingerprint density at radius 2 is 2.17 bits per heavy atom. The Labute approximate surface area is 148 Å². The Morgan fingerprint density at radius 1 is 1.38 bits per heavy atom. The minimum Gasteiger partial charge on any atom is -0.503 e. The van der Waals surface area contributed by atoms with Crippen LogP contribution < -0.4 is 0 Å². The van der Waals surface area contributed by atoms with Gasteiger partial charge in [0.15, 0.2) is 5.76 Å². The fraction of sp³-hybridized carbons (Fsp3) is 0.111. The summed E-state index contributed by atoms with van der Waals surface area (Å²) in [4.78, 5) is 27.2. The Bertz CT molecular complexity index is 842. The maximum atomic E-state index is 12.8. The molecule has 1 aliphatic rings. The molecule has 3 rings (SSSR count). The second kappa shape index (κ2) is 6.63. The zero-order valence-electron chi connectivity index (χ0n) is 12.6. The third kappa shape index (κ3) is 2.77. The van der Waals surface area contributed by atoms with E-state index >= 15 is 0 Å². The fourth-order valence-corrected chi connectivity index (χ4v) is 3.65. The maximum Gasteiger partial charge on any atom is 0.290 e. The summed E-state index contributed by atoms with van der Waals surface area (Å²) in [5.41, 5.74) is 0.744. The number of hydrogen-bond donors (Lipinski definition) is 1. The number of ketones is 1. The summed E-state index contributed by atoms with van der Waals surface area (Å²) in [6.45, 7) is 3.86. The van der Waals surface area contributed by atoms with E-state index in [1.807, 2.05) is 0 Å². The van der Waals surface area contributed by atoms with E-state index in [0.717, 1.165) is 0 Å². The van der Waals surface area contributed by atoms with Gasteiger partial charge in [-0.2, -0.15) is 0 Å². The van der Waals surface area contributed by atoms with E-state index in [0.29, 0.717) is 15.5 Å². The number of aliphatic hydroxyl groups is 1. The van der Waals surface area contributed by atoms with Gasteiger partial charge in [0, 0.05) is 11.6 Å². The first-order chi connectivity index (χ1) is 11.5. The number of aliphatic hydroxyl groups excluding tert-OH is 1. The zero-order valence-corrected chi connectivity index (χ0v) is 14.2. The molecule has 1 amide bonds. The fourth-order valence-electron chi connectivity index (χ4n) is 2.78. The van der Waals surface area contributed by atoms with E-state index < -0.39 is 17.7 Å². The average Bonchev–Trinajstić information content (AvgIpc) is 3.17. The van der Waals surface area contributed by atoms with Crippen LogP contribution in [0.3, 0.4) is 0 Å². The van der Waals surface area contributed by atoms with Gasteiger partial charge in [-0.3, -0.25) is 9.59 Å². The number of thiophene rings is 1. The molecule has 0 radical (unpaired) electrons. The van der Waals surface area contributed by atoms with Crippen molar-refractivity contribution in [3.63, 3.8) is 0 Å². The summed E-state index contributed by atoms with van der Waals surface area (Å²) < 4.78 is 0. The zero-order chi connectivity index (χ0) is 17.3. The first-order valence-electron chi connectivity index (χ1n) is 7.23. The predicted octanol–water partition coefficient (Wildman–Crippen LogP) is 4.17. The molecule has 122 valence electrons. The minimum atomic E-state index is -0.691. The van der Waals surface area contributed by atoms with E-state index in [-0.39, 0.29) is 17.9 Å². The second-order valence-electron chi connectivity index (χ2n) is 5.27. The number of carbonyl (C=O) groups excluding carboxylic acids is 2. The molecule has 1 unspecified atom stereocenters. The van der Waals surface area contributed by atoms with Crippen molar-refractivity contribution in [2.24, 2.45) is 0 Å². The van der Waals surface area contributed by atoms with Crippen molar-refractivity contribution in [1.82, 2.24) is 4.90 Å². The largest absolute Gasteiger partial charge is 0.503 e. The molecule has 0 saturated heterocycles. The minimum absolute atomic E-state index is 0.0755. The third-order valence-electron chi connectivity index (χ3n) is 3.78. The van der Waals surface area contributed by atoms with Crippen LogP contribution in [0.15, 0.2) is 65.8 Å². The van der Waals surface area contributed by atoms with Crippen LogP contribution in [0.1, 0.15) is 21.3 Å². The Morgan fingerprint density at radius 3 is 2.79 bits per heavy atom. The Hall–Kier alpha value is -2.37. The molecule has 24 heavy (non-hydrogen) atoms. The highest BCUT2D eigenvalue weighted by Crippen LogP contribution is 2.39. The topological polar surface area (TPSA) is 57.6 Å². The molecule has 0 spiro atoms. The molecule has 0 bridgehead atoms. The van der Waals surface area contributed by atoms with Gasteiger partial charge in [0.25, 0.3) is 5.91 Å². The van der Waals surface area contributed by atoms with Gasteiger partial charge in [-0.25, -0.2) is 0 Å². The summed E-state index contributed by atoms with van der Waals surface area (Å²) in [5.74, 6) is -1.45. The molecule has 1 N–H and O–H groups in total. The van der Waals surface area contributed by atoms with Crippen LogP contribution in [0.25, 0.3) is 0 Å². The average molecular weight is 360 g/mol. The number of amides is 1. The van der Waals surface area contributed by atoms with Crippen LogP contribution in [-0.2, 0) is 4.79 Å². The van der Waals surface area contributed by atoms with E-state index in [4.69, 9.17) is 11.6 Å². The SMILES string of the molecule is C=CCN1C(=O)C(O)=C(C(=O)c2cccs2)C1c1cccc(Cl)c1. The summed E-state index contributed by atoms with van der Waals surface area (Å²) in [6.07, 6.45) is 1.56. The van der Waals surface area contributed by atoms with Gasteiger partial charge in [-0.15, -0.1) is 17.9 Å². The maximum absolute atomic E-state index is 12.8. The second-order valence-corrected chi connectivity index (χ2v) is 6.66. The molecule has 0 saturated carbocycles. The molecule has 1 aromatic heterocycles. The number of rotatable bonds is 5. The van der Waals surface area contributed by atoms with Crippen LogP contribution >= 0.6 is 22.9 Å². The summed E-state index contributed by atoms with van der Waals surface area (Å²) in [6, 6.07) is 9.66. The van der Waals surface area contributed by atoms with Crippen LogP contribution in [-0.4, -0.2) is 28.2 Å². The molecule has 1 atom stereocenters. The molecular formula is C18H14ClNO3S. The molecule has 2 aromatic rings. The first kappa shape index (κ1) is 16.5. The van der Waals surface area contributed by atoms with Gasteiger partial charge >= 0.3 is 0 Å². The van der Waals surface area contributed by atoms with Gasteiger partial charge in [0.05, 0.1) is 16.5 Å². The van der Waals surface area contributed by atoms with Crippen molar-refractivity contribution in [3.05, 3.63) is 81.2 Å². The van der Waals surface area contributed by atoms with E-state index in [2.05, 4.69) is 6.58 Å². The van der Waals surface area contributed by atoms with E-state index in [1.54, 1.807) is 47.9 Å². The summed E-state index contributed by atoms with van der Waals surface area (Å²) in [5, 5.41) is 12.6. The molecule has 6 heteroatoms. The number of Topliss-reactive ketones (excluding diaryl/α,β-unsaturated/α-hetero) is 1. The van der Waals surface area contributed by atoms with E-state index in [9.17, 15) is 14.7 Å². The van der Waals surface area contributed by atoms with Crippen molar-refractivity contribution in [2.45, 2.75) is 6.04 Å². The monoisotopic (exact) mass is 359 g/mol. The Balaban J connectivity index is 2.13. The van der Waals surface area contributed by atoms with Gasteiger partial charge in [0.1, 0.15) is 0 Å². The van der Waals surface area contributed by atoms with Crippen LogP contribution in [0.2, 0.25) is 5.02 Å². The van der Waals surface area contributed by atoms with Crippen LogP contribution in [0, 0.1) is 0 Å². The third-order valence-corrected chi connectivity index (χ3v) is 4.89. The molecule has 1 aliphatic heterocycles. The van der Waals surface area contributed by atoms with Crippen molar-refractivity contribution >= 4 is 34.6 Å². The predicted molar refractivity (Wildman–Crippen MR) is 94.4 cm³/mol. The summed E-state index contributed by atoms with van der Waals surface area (Å²) in [7, 11) is 0. The normalized spacial score (nSPS) is 17.5. The van der Waals surface area contributed by atoms with Crippen molar-refractivity contribution < 1.29 is 14.7 Å². The van der Waals surface area contributed by atoms with Crippen LogP contribution in [0.4, 0.5) is 0 Å². The Kier molecular flexibility index (Phi) is 4.55. The molecule has 4 nitrogen and oxygen atoms in total. The molecule has 0 fully saturated rings. The molecular weight excluding hydrogens is 346 g/mol. The lowest BCUT2D eigenvalue weighted by molar-refractivity contribution is -0.128. The highest BCUT2D eigenvalue weighted by Gasteiger charge is 2.43. The van der Waals surface area contributed by atoms with Gasteiger partial charge in [-0.05, 0) is 29.1 Å². The van der Waals surface area contributed by atoms with Crippen molar-refractivity contribution in [1.29, 1.82) is 0 Å². The molecule has 0 aliphatic carbocycles. The van der Waals surface area contributed by atoms with Crippen LogP contribution in [0.5, 0.6) is 0 Å². The lowest BCUT2D eigenvalue weighted by atomic mass is 9.95. The highest BCUT2D eigenvalue weighted by molar-refractivity contribution is 7.12. The number of nitrogens with zero attached hydrogens (tertiary/aromatic N) is 1. The van der Waals surface area contributed by atoms with Crippen molar-refractivity contribution in [2.75, 3.05) is 6.54 Å². The van der Waals surface area contributed by atoms with Gasteiger partial charge in [-0.1, -0.05) is 35.9 Å². The molecule has 1 aromatic carbocycles. The molecule has 2 heterocycles. The number of hydrogen-bond acceptors (Lipinski definition) is 4. The highest BCUT2D eigenvalue weighted by atomic mass is 35.5. The van der Waals surface area contributed by atoms with Crippen molar-refractivity contribution in [3.8, 4) is 0 Å². The van der Waals surface area contributed by atoms with E-state index in [1.165, 1.54) is 16.2 Å². The number of benzene rings is 1. The quantitative estimate of drug-likeness (QED) is 0.644. The van der Waals surface area contributed by atoms with Gasteiger partial charge in [0.2, 0.25) is 5.78 Å². The summed E-state index contributed by atoms with van der Waals surface area (Å²) >= 11 is 7.33. The lowest BCUT2D eigenvalue weighted by Gasteiger charge is -2.25. The first-order valence-corrected chi connectivity index (χ1v) is 8.49. The number of halogens is 1.